The third-order valence-corrected chi connectivity index (χ3v) is 7.28. The lowest BCUT2D eigenvalue weighted by Gasteiger charge is -2.42. The number of Topliss-reactive ketones (excluding diaryl/α,β-unsaturated/α-hetero) is 1. The molecule has 0 aliphatic carbocycles. The summed E-state index contributed by atoms with van der Waals surface area (Å²) in [5.74, 6) is -2.77. The van der Waals surface area contributed by atoms with Crippen LogP contribution >= 0.6 is 0 Å². The zero-order valence-corrected chi connectivity index (χ0v) is 23.6. The highest BCUT2D eigenvalue weighted by atomic mass is 16.7. The van der Waals surface area contributed by atoms with Gasteiger partial charge < -0.3 is 59.4 Å². The number of methoxy groups -OCH3 is 1. The third-order valence-electron chi connectivity index (χ3n) is 7.28. The van der Waals surface area contributed by atoms with E-state index in [1.54, 1.807) is 0 Å². The van der Waals surface area contributed by atoms with Gasteiger partial charge in [-0.25, -0.2) is 4.79 Å². The van der Waals surface area contributed by atoms with Gasteiger partial charge in [0.2, 0.25) is 5.78 Å². The molecule has 0 aromatic heterocycles. The van der Waals surface area contributed by atoms with E-state index in [0.29, 0.717) is 11.1 Å². The number of aliphatic hydroxyl groups excluding tert-OH is 3. The molecule has 2 unspecified atom stereocenters. The average Bonchev–Trinajstić information content (AvgIpc) is 3.01. The fourth-order valence-corrected chi connectivity index (χ4v) is 4.93. The first-order chi connectivity index (χ1) is 21.5. The van der Waals surface area contributed by atoms with Crippen LogP contribution in [-0.4, -0.2) is 98.0 Å². The van der Waals surface area contributed by atoms with Crippen molar-refractivity contribution in [3.05, 3.63) is 77.4 Å². The molecule has 0 saturated carbocycles. The van der Waals surface area contributed by atoms with E-state index in [9.17, 15) is 45.3 Å². The quantitative estimate of drug-likeness (QED) is 0.138. The van der Waals surface area contributed by atoms with Crippen LogP contribution < -0.4 is 9.47 Å². The molecule has 0 bridgehead atoms. The van der Waals surface area contributed by atoms with Crippen molar-refractivity contribution < 1.29 is 69.0 Å². The Balaban J connectivity index is 1.33. The van der Waals surface area contributed by atoms with Gasteiger partial charge >= 0.3 is 5.97 Å². The first-order valence-corrected chi connectivity index (χ1v) is 13.6. The number of hydrogen-bond acceptors (Lipinski definition) is 14. The zero-order chi connectivity index (χ0) is 32.4. The van der Waals surface area contributed by atoms with Crippen molar-refractivity contribution in [1.82, 2.24) is 0 Å². The maximum absolute atomic E-state index is 13.6. The number of fused-ring (bicyclic) bond motifs is 1. The van der Waals surface area contributed by atoms with Crippen molar-refractivity contribution in [2.45, 2.75) is 42.9 Å². The largest absolute Gasteiger partial charge is 0.508 e. The lowest BCUT2D eigenvalue weighted by atomic mass is 9.92. The molecule has 1 fully saturated rings. The highest BCUT2D eigenvalue weighted by molar-refractivity contribution is 6.05. The second-order valence-electron chi connectivity index (χ2n) is 10.3. The lowest BCUT2D eigenvalue weighted by Crippen LogP contribution is -2.60. The third kappa shape index (κ3) is 6.64. The molecule has 5 rings (SSSR count). The fourth-order valence-electron chi connectivity index (χ4n) is 4.93. The Labute approximate surface area is 255 Å². The number of carbonyl (C=O) groups excluding carboxylic acids is 2. The first kappa shape index (κ1) is 31.6. The molecule has 2 aliphatic rings. The average molecular weight is 627 g/mol. The van der Waals surface area contributed by atoms with Crippen molar-refractivity contribution in [2.24, 2.45) is 0 Å². The molecule has 1 saturated heterocycles. The summed E-state index contributed by atoms with van der Waals surface area (Å²) in [4.78, 5) is 26.0. The van der Waals surface area contributed by atoms with Gasteiger partial charge in [0.1, 0.15) is 59.6 Å². The molecular formula is C31H30O14. The van der Waals surface area contributed by atoms with Crippen LogP contribution in [-0.2, 0) is 19.0 Å². The van der Waals surface area contributed by atoms with Gasteiger partial charge in [-0.1, -0.05) is 18.2 Å². The molecule has 0 radical (unpaired) electrons. The second-order valence-corrected chi connectivity index (χ2v) is 10.3. The molecule has 0 amide bonds. The van der Waals surface area contributed by atoms with Crippen LogP contribution in [0.15, 0.2) is 60.7 Å². The summed E-state index contributed by atoms with van der Waals surface area (Å²) >= 11 is 0. The van der Waals surface area contributed by atoms with Gasteiger partial charge in [0.25, 0.3) is 0 Å². The van der Waals surface area contributed by atoms with Gasteiger partial charge in [0.05, 0.1) is 7.11 Å². The van der Waals surface area contributed by atoms with E-state index in [1.807, 2.05) is 0 Å². The van der Waals surface area contributed by atoms with Gasteiger partial charge in [-0.2, -0.15) is 0 Å². The molecule has 7 N–H and O–H groups in total. The molecule has 3 aromatic rings. The Kier molecular flexibility index (Phi) is 9.13. The summed E-state index contributed by atoms with van der Waals surface area (Å²) in [7, 11) is 1.37. The SMILES string of the molecule is COc1cc(/C=C/C(=O)OC[C@H]2O[C@@H](OC3C(=O)c4c(O)cc(O)cc4OC3c3ccc(O)cc3)[C@H](O)[C@@H](O)[C@@H]2O)ccc1O. The Hall–Kier alpha value is -4.86. The molecule has 0 spiro atoms. The Bertz CT molecular complexity index is 1590. The standard InChI is InChI=1S/C31H30O14/c1-41-20-10-14(2-8-18(20)34)3-9-23(36)42-13-22-25(37)27(39)28(40)31(44-22)45-30-26(38)24-19(35)11-17(33)12-21(24)43-29(30)15-4-6-16(32)7-5-15/h2-12,22,25,27-35,37,39-40H,13H2,1H3/b9-3+/t22-,25-,27+,28-,29?,30?,31+/m1/s1. The summed E-state index contributed by atoms with van der Waals surface area (Å²) in [5, 5.41) is 71.6. The van der Waals surface area contributed by atoms with Crippen molar-refractivity contribution in [2.75, 3.05) is 13.7 Å². The maximum atomic E-state index is 13.6. The van der Waals surface area contributed by atoms with Crippen molar-refractivity contribution >= 4 is 17.8 Å². The van der Waals surface area contributed by atoms with Gasteiger partial charge in [-0.05, 0) is 41.5 Å². The number of esters is 1. The van der Waals surface area contributed by atoms with Crippen LogP contribution in [0.2, 0.25) is 0 Å². The van der Waals surface area contributed by atoms with E-state index in [4.69, 9.17) is 23.7 Å². The minimum absolute atomic E-state index is 0.0767. The fraction of sp³-hybridized carbons (Fsp3) is 0.290. The highest BCUT2D eigenvalue weighted by Gasteiger charge is 2.49. The Morgan fingerprint density at radius 3 is 2.33 bits per heavy atom. The van der Waals surface area contributed by atoms with E-state index in [0.717, 1.165) is 18.2 Å². The van der Waals surface area contributed by atoms with E-state index >= 15 is 0 Å². The normalized spacial score (nSPS) is 26.2. The zero-order valence-electron chi connectivity index (χ0n) is 23.6. The summed E-state index contributed by atoms with van der Waals surface area (Å²) in [6.45, 7) is -0.591. The van der Waals surface area contributed by atoms with E-state index in [-0.39, 0.29) is 34.3 Å². The van der Waals surface area contributed by atoms with Gasteiger partial charge in [0.15, 0.2) is 30.0 Å². The number of rotatable bonds is 8. The smallest absolute Gasteiger partial charge is 0.330 e. The number of aliphatic hydroxyl groups is 3. The van der Waals surface area contributed by atoms with Crippen LogP contribution in [0, 0.1) is 0 Å². The first-order valence-electron chi connectivity index (χ1n) is 13.6. The van der Waals surface area contributed by atoms with E-state index in [1.165, 1.54) is 55.7 Å². The monoisotopic (exact) mass is 626 g/mol. The van der Waals surface area contributed by atoms with Crippen LogP contribution in [0.4, 0.5) is 0 Å². The molecule has 3 aromatic carbocycles. The summed E-state index contributed by atoms with van der Waals surface area (Å²) < 4.78 is 27.6. The minimum atomic E-state index is -1.88. The van der Waals surface area contributed by atoms with Crippen LogP contribution in [0.3, 0.4) is 0 Å². The minimum Gasteiger partial charge on any atom is -0.508 e. The molecule has 7 atom stereocenters. The number of aromatic hydroxyl groups is 4. The predicted octanol–water partition coefficient (Wildman–Crippen LogP) is 1.28. The van der Waals surface area contributed by atoms with Gasteiger partial charge in [0, 0.05) is 18.2 Å². The predicted molar refractivity (Wildman–Crippen MR) is 152 cm³/mol. The number of carbonyl (C=O) groups is 2. The van der Waals surface area contributed by atoms with Gasteiger partial charge in [-0.3, -0.25) is 4.79 Å². The molecule has 2 aliphatic heterocycles. The van der Waals surface area contributed by atoms with Crippen LogP contribution in [0.5, 0.6) is 34.5 Å². The highest BCUT2D eigenvalue weighted by Crippen LogP contribution is 2.43. The second kappa shape index (κ2) is 13.0. The van der Waals surface area contributed by atoms with Crippen LogP contribution in [0.25, 0.3) is 6.08 Å². The number of benzene rings is 3. The Morgan fingerprint density at radius 2 is 1.62 bits per heavy atom. The molecule has 238 valence electrons. The number of phenolic OH excluding ortho intramolecular Hbond substituents is 4. The lowest BCUT2D eigenvalue weighted by molar-refractivity contribution is -0.312. The van der Waals surface area contributed by atoms with Crippen LogP contribution in [0.1, 0.15) is 27.6 Å². The summed E-state index contributed by atoms with van der Waals surface area (Å²) in [6.07, 6.45) is -9.01. The molecule has 14 heteroatoms. The van der Waals surface area contributed by atoms with Crippen molar-refractivity contribution in [3.63, 3.8) is 0 Å². The Morgan fingerprint density at radius 1 is 0.889 bits per heavy atom. The number of ether oxygens (including phenoxy) is 5. The summed E-state index contributed by atoms with van der Waals surface area (Å²) in [5.41, 5.74) is 0.518. The van der Waals surface area contributed by atoms with Crippen molar-refractivity contribution in [3.8, 4) is 34.5 Å². The molecular weight excluding hydrogens is 596 g/mol. The molecule has 45 heavy (non-hydrogen) atoms. The molecule has 2 heterocycles. The topological polar surface area (TPSA) is 222 Å². The maximum Gasteiger partial charge on any atom is 0.330 e. The van der Waals surface area contributed by atoms with Gasteiger partial charge in [-0.15, -0.1) is 0 Å². The number of phenols is 4. The van der Waals surface area contributed by atoms with E-state index in [2.05, 4.69) is 0 Å². The molecule has 14 nitrogen and oxygen atoms in total. The number of hydrogen-bond donors (Lipinski definition) is 7. The van der Waals surface area contributed by atoms with E-state index < -0.39 is 67.0 Å². The van der Waals surface area contributed by atoms with Crippen molar-refractivity contribution in [1.29, 1.82) is 0 Å². The number of ketones is 1. The summed E-state index contributed by atoms with van der Waals surface area (Å²) in [6, 6.07) is 12.0.